The first-order chi connectivity index (χ1) is 16.1. The van der Waals surface area contributed by atoms with Crippen LogP contribution in [0.4, 0.5) is 0 Å². The Labute approximate surface area is 213 Å². The quantitative estimate of drug-likeness (QED) is 0.191. The Morgan fingerprint density at radius 1 is 0.765 bits per heavy atom. The van der Waals surface area contributed by atoms with Crippen molar-refractivity contribution in [3.63, 3.8) is 0 Å². The Bertz CT molecular complexity index is 1020. The van der Waals surface area contributed by atoms with Crippen molar-refractivity contribution in [2.75, 3.05) is 6.61 Å². The smallest absolute Gasteiger partial charge is 0.341 e. The lowest BCUT2D eigenvalue weighted by Crippen LogP contribution is -3.00. The van der Waals surface area contributed by atoms with Crippen molar-refractivity contribution >= 4 is 16.9 Å². The van der Waals surface area contributed by atoms with Crippen molar-refractivity contribution in [2.45, 2.75) is 70.8 Å². The lowest BCUT2D eigenvalue weighted by Gasteiger charge is -2.07. The van der Waals surface area contributed by atoms with Crippen molar-refractivity contribution in [1.29, 1.82) is 0 Å². The third-order valence-electron chi connectivity index (χ3n) is 6.02. The molecule has 1 aromatic heterocycles. The molecular weight excluding hydrogens is 494 g/mol. The van der Waals surface area contributed by atoms with E-state index < -0.39 is 5.97 Å². The third-order valence-corrected chi connectivity index (χ3v) is 6.02. The van der Waals surface area contributed by atoms with Gasteiger partial charge < -0.3 is 31.9 Å². The molecule has 34 heavy (non-hydrogen) atoms. The lowest BCUT2D eigenvalue weighted by atomic mass is 10.1. The van der Waals surface area contributed by atoms with Crippen LogP contribution >= 0.6 is 0 Å². The average Bonchev–Trinajstić information content (AvgIpc) is 2.82. The van der Waals surface area contributed by atoms with Gasteiger partial charge in [0.05, 0.1) is 6.61 Å². The molecule has 6 heteroatoms. The highest BCUT2D eigenvalue weighted by molar-refractivity contribution is 5.92. The van der Waals surface area contributed by atoms with Crippen molar-refractivity contribution in [1.82, 2.24) is 0 Å². The van der Waals surface area contributed by atoms with Gasteiger partial charge in [0.1, 0.15) is 23.6 Å². The van der Waals surface area contributed by atoms with Gasteiger partial charge in [-0.25, -0.2) is 4.79 Å². The van der Waals surface area contributed by atoms with Crippen LogP contribution in [-0.4, -0.2) is 22.8 Å². The summed E-state index contributed by atoms with van der Waals surface area (Å²) < 4.78 is 7.57. The molecule has 0 amide bonds. The summed E-state index contributed by atoms with van der Waals surface area (Å²) in [5.41, 5.74) is 1.40. The van der Waals surface area contributed by atoms with E-state index >= 15 is 0 Å². The molecule has 0 bridgehead atoms. The number of phenolic OH excluding ortho intramolecular Hbond substituents is 2. The van der Waals surface area contributed by atoms with Crippen molar-refractivity contribution in [3.8, 4) is 11.5 Å². The number of phenols is 2. The Morgan fingerprint density at radius 3 is 2.09 bits per heavy atom. The predicted molar refractivity (Wildman–Crippen MR) is 130 cm³/mol. The predicted octanol–water partition coefficient (Wildman–Crippen LogP) is 3.30. The third kappa shape index (κ3) is 8.98. The largest absolute Gasteiger partial charge is 1.00 e. The highest BCUT2D eigenvalue weighted by Crippen LogP contribution is 2.23. The topological polar surface area (TPSA) is 70.6 Å². The van der Waals surface area contributed by atoms with Crippen LogP contribution in [0.25, 0.3) is 10.9 Å². The van der Waals surface area contributed by atoms with Crippen LogP contribution in [0, 0.1) is 0 Å². The number of para-hydroxylation sites is 1. The van der Waals surface area contributed by atoms with Gasteiger partial charge in [0.25, 0.3) is 0 Å². The summed E-state index contributed by atoms with van der Waals surface area (Å²) in [5.74, 6) is -0.886. The van der Waals surface area contributed by atoms with Gasteiger partial charge in [-0.05, 0) is 37.1 Å². The summed E-state index contributed by atoms with van der Waals surface area (Å²) >= 11 is 0. The first-order valence-electron chi connectivity index (χ1n) is 12.2. The minimum Gasteiger partial charge on any atom is -1.00 e. The zero-order valence-corrected chi connectivity index (χ0v) is 21.4. The van der Waals surface area contributed by atoms with Crippen LogP contribution in [0.3, 0.4) is 0 Å². The van der Waals surface area contributed by atoms with Gasteiger partial charge in [0, 0.05) is 30.0 Å². The van der Waals surface area contributed by atoms with Gasteiger partial charge in [-0.3, -0.25) is 0 Å². The molecule has 0 unspecified atom stereocenters. The first-order valence-corrected chi connectivity index (χ1v) is 12.2. The second kappa shape index (κ2) is 15.3. The standard InChI is InChI=1S/C28H35NO4.BrH/c30-24-17-18-25(27(31)22-24)28(32)33-21-12-8-6-4-2-1-3-5-7-11-19-29-20-13-15-23-14-9-10-16-26(23)29;/h9-10,13-18,20,22H,1-8,11-12,19,21H2,(H-,30,31,32);1H. The van der Waals surface area contributed by atoms with Crippen molar-refractivity contribution in [3.05, 3.63) is 66.4 Å². The second-order valence-electron chi connectivity index (χ2n) is 8.63. The molecule has 0 atom stereocenters. The van der Waals surface area contributed by atoms with E-state index in [0.29, 0.717) is 6.61 Å². The van der Waals surface area contributed by atoms with Crippen molar-refractivity contribution < 1.29 is 41.3 Å². The Morgan fingerprint density at radius 2 is 1.38 bits per heavy atom. The molecule has 0 spiro atoms. The van der Waals surface area contributed by atoms with Crippen LogP contribution in [0.15, 0.2) is 60.8 Å². The molecule has 2 N–H and O–H groups in total. The highest BCUT2D eigenvalue weighted by Gasteiger charge is 2.12. The van der Waals surface area contributed by atoms with Crippen molar-refractivity contribution in [2.24, 2.45) is 0 Å². The minimum absolute atomic E-state index is 0. The molecule has 3 rings (SSSR count). The van der Waals surface area contributed by atoms with E-state index in [4.69, 9.17) is 4.74 Å². The molecule has 0 aliphatic heterocycles. The molecule has 2 aromatic carbocycles. The number of carbonyl (C=O) groups excluding carboxylic acids is 1. The lowest BCUT2D eigenvalue weighted by molar-refractivity contribution is -0.671. The number of ether oxygens (including phenoxy) is 1. The maximum absolute atomic E-state index is 11.9. The van der Waals surface area contributed by atoms with E-state index in [2.05, 4.69) is 47.2 Å². The number of carbonyl (C=O) groups is 1. The van der Waals surface area contributed by atoms with E-state index in [1.807, 2.05) is 0 Å². The van der Waals surface area contributed by atoms with E-state index in [1.165, 1.54) is 68.0 Å². The number of pyridine rings is 1. The fraction of sp³-hybridized carbons (Fsp3) is 0.429. The van der Waals surface area contributed by atoms with E-state index in [0.717, 1.165) is 31.9 Å². The van der Waals surface area contributed by atoms with E-state index in [9.17, 15) is 15.0 Å². The van der Waals surface area contributed by atoms with Gasteiger partial charge in [-0.15, -0.1) is 0 Å². The zero-order chi connectivity index (χ0) is 23.3. The number of halogens is 1. The van der Waals surface area contributed by atoms with Gasteiger partial charge in [-0.1, -0.05) is 57.1 Å². The van der Waals surface area contributed by atoms with E-state index in [-0.39, 0.29) is 34.0 Å². The first kappa shape index (κ1) is 27.6. The molecular formula is C28H36BrNO4. The van der Waals surface area contributed by atoms with Crippen LogP contribution in [-0.2, 0) is 11.3 Å². The number of hydrogen-bond acceptors (Lipinski definition) is 4. The summed E-state index contributed by atoms with van der Waals surface area (Å²) in [5, 5.41) is 20.3. The molecule has 0 aliphatic rings. The monoisotopic (exact) mass is 529 g/mol. The normalized spacial score (nSPS) is 10.7. The van der Waals surface area contributed by atoms with Gasteiger partial charge in [0.15, 0.2) is 6.20 Å². The summed E-state index contributed by atoms with van der Waals surface area (Å²) in [6.07, 6.45) is 14.1. The Kier molecular flexibility index (Phi) is 12.5. The Hall–Kier alpha value is -2.60. The molecule has 0 fully saturated rings. The summed E-state index contributed by atoms with van der Waals surface area (Å²) in [4.78, 5) is 11.9. The molecule has 0 saturated carbocycles. The molecule has 5 nitrogen and oxygen atoms in total. The molecule has 3 aromatic rings. The number of aromatic hydroxyl groups is 2. The average molecular weight is 531 g/mol. The number of fused-ring (bicyclic) bond motifs is 1. The maximum Gasteiger partial charge on any atom is 0.341 e. The number of unbranched alkanes of at least 4 members (excludes halogenated alkanes) is 9. The number of hydrogen-bond donors (Lipinski definition) is 2. The second-order valence-corrected chi connectivity index (χ2v) is 8.63. The van der Waals surface area contributed by atoms with Crippen LogP contribution < -0.4 is 21.5 Å². The highest BCUT2D eigenvalue weighted by atomic mass is 79.9. The van der Waals surface area contributed by atoms with Gasteiger partial charge >= 0.3 is 5.97 Å². The summed E-state index contributed by atoms with van der Waals surface area (Å²) in [6.45, 7) is 1.44. The number of rotatable bonds is 14. The van der Waals surface area contributed by atoms with Crippen LogP contribution in [0.5, 0.6) is 11.5 Å². The molecule has 0 aliphatic carbocycles. The number of nitrogens with zero attached hydrogens (tertiary/aromatic N) is 1. The zero-order valence-electron chi connectivity index (χ0n) is 19.8. The van der Waals surface area contributed by atoms with E-state index in [1.54, 1.807) is 0 Å². The molecule has 184 valence electrons. The molecule has 0 radical (unpaired) electrons. The van der Waals surface area contributed by atoms with Crippen LogP contribution in [0.1, 0.15) is 74.6 Å². The molecule has 0 saturated heterocycles. The maximum atomic E-state index is 11.9. The minimum atomic E-state index is -0.550. The fourth-order valence-corrected chi connectivity index (χ4v) is 4.15. The summed E-state index contributed by atoms with van der Waals surface area (Å²) in [7, 11) is 0. The van der Waals surface area contributed by atoms with Crippen LogP contribution in [0.2, 0.25) is 0 Å². The fourth-order valence-electron chi connectivity index (χ4n) is 4.15. The SMILES string of the molecule is O=C(OCCCCCCCCCCCC[n+]1cccc2ccccc21)c1ccc(O)cc1O.[Br-]. The molecule has 1 heterocycles. The Balaban J connectivity index is 0.00000408. The number of aryl methyl sites for hydroxylation is 1. The van der Waals surface area contributed by atoms with Gasteiger partial charge in [-0.2, -0.15) is 4.57 Å². The number of esters is 1. The van der Waals surface area contributed by atoms with Gasteiger partial charge in [0.2, 0.25) is 5.52 Å². The summed E-state index contributed by atoms with van der Waals surface area (Å²) in [6, 6.07) is 16.7. The number of benzene rings is 2. The number of aromatic nitrogens is 1.